The number of carbonyl (C=O) groups excluding carboxylic acids is 1. The number of hydrogen-bond acceptors (Lipinski definition) is 5. The number of aromatic nitrogens is 2. The van der Waals surface area contributed by atoms with Crippen molar-refractivity contribution in [1.82, 2.24) is 9.97 Å². The normalized spacial score (nSPS) is 11.3. The van der Waals surface area contributed by atoms with Crippen LogP contribution in [0.25, 0.3) is 11.3 Å². The molecule has 0 radical (unpaired) electrons. The van der Waals surface area contributed by atoms with Crippen LogP contribution in [-0.2, 0) is 9.84 Å². The van der Waals surface area contributed by atoms with Crippen molar-refractivity contribution in [2.75, 3.05) is 5.75 Å². The largest absolute Gasteiger partial charge is 0.293 e. The van der Waals surface area contributed by atoms with Crippen molar-refractivity contribution >= 4 is 15.6 Å². The summed E-state index contributed by atoms with van der Waals surface area (Å²) >= 11 is 0. The first-order valence-electron chi connectivity index (χ1n) is 6.11. The lowest BCUT2D eigenvalue weighted by molar-refractivity contribution is 0.100. The highest BCUT2D eigenvalue weighted by Crippen LogP contribution is 2.23. The fourth-order valence-corrected chi connectivity index (χ4v) is 2.88. The van der Waals surface area contributed by atoms with Gasteiger partial charge in [-0.25, -0.2) is 8.42 Å². The maximum atomic E-state index is 12.1. The first-order valence-corrected chi connectivity index (χ1v) is 7.76. The Morgan fingerprint density at radius 2 is 2.00 bits per heavy atom. The Morgan fingerprint density at radius 3 is 2.55 bits per heavy atom. The number of hydrogen-bond donors (Lipinski definition) is 0. The Labute approximate surface area is 117 Å². The summed E-state index contributed by atoms with van der Waals surface area (Å²) < 4.78 is 24.2. The molecule has 0 N–H and O–H groups in total. The van der Waals surface area contributed by atoms with Crippen LogP contribution < -0.4 is 0 Å². The topological polar surface area (TPSA) is 77.0 Å². The predicted molar refractivity (Wildman–Crippen MR) is 75.2 cm³/mol. The summed E-state index contributed by atoms with van der Waals surface area (Å²) in [6.45, 7) is 2.84. The Kier molecular flexibility index (Phi) is 3.94. The molecule has 0 aliphatic heterocycles. The van der Waals surface area contributed by atoms with Gasteiger partial charge >= 0.3 is 0 Å². The molecule has 0 fully saturated rings. The molecule has 0 spiro atoms. The van der Waals surface area contributed by atoms with Gasteiger partial charge in [0.1, 0.15) is 5.69 Å². The van der Waals surface area contributed by atoms with E-state index in [4.69, 9.17) is 0 Å². The average Bonchev–Trinajstić information content (AvgIpc) is 2.47. The Bertz CT molecular complexity index is 740. The minimum atomic E-state index is -3.52. The van der Waals surface area contributed by atoms with Gasteiger partial charge in [-0.15, -0.1) is 0 Å². The summed E-state index contributed by atoms with van der Waals surface area (Å²) in [5.74, 6) is -0.453. The molecule has 0 amide bonds. The molecular weight excluding hydrogens is 276 g/mol. The fourth-order valence-electron chi connectivity index (χ4n) is 1.78. The van der Waals surface area contributed by atoms with Gasteiger partial charge < -0.3 is 0 Å². The van der Waals surface area contributed by atoms with Crippen molar-refractivity contribution in [3.8, 4) is 11.3 Å². The van der Waals surface area contributed by atoms with E-state index in [9.17, 15) is 13.2 Å². The standard InChI is InChI=1S/C14H14N2O3S/c1-3-20(18,19)13-8-11(9-16-14(13)10(2)17)12-6-4-5-7-15-12/h4-9H,3H2,1-2H3. The summed E-state index contributed by atoms with van der Waals surface area (Å²) in [6.07, 6.45) is 3.08. The van der Waals surface area contributed by atoms with Gasteiger partial charge in [-0.2, -0.15) is 0 Å². The number of carbonyl (C=O) groups is 1. The molecule has 0 aromatic carbocycles. The highest BCUT2D eigenvalue weighted by molar-refractivity contribution is 7.91. The molecular formula is C14H14N2O3S. The predicted octanol–water partition coefficient (Wildman–Crippen LogP) is 2.14. The van der Waals surface area contributed by atoms with E-state index in [2.05, 4.69) is 9.97 Å². The van der Waals surface area contributed by atoms with Crippen molar-refractivity contribution < 1.29 is 13.2 Å². The van der Waals surface area contributed by atoms with Gasteiger partial charge in [0.15, 0.2) is 15.6 Å². The zero-order valence-corrected chi connectivity index (χ0v) is 12.0. The third-order valence-corrected chi connectivity index (χ3v) is 4.60. The molecule has 0 atom stereocenters. The molecule has 104 valence electrons. The van der Waals surface area contributed by atoms with Crippen LogP contribution in [0, 0.1) is 0 Å². The number of Topliss-reactive ketones (excluding diaryl/α,β-unsaturated/α-hetero) is 1. The minimum absolute atomic E-state index is 0.0217. The van der Waals surface area contributed by atoms with Crippen LogP contribution in [-0.4, -0.2) is 29.9 Å². The molecule has 2 aromatic rings. The second kappa shape index (κ2) is 5.50. The fraction of sp³-hybridized carbons (Fsp3) is 0.214. The van der Waals surface area contributed by atoms with Crippen molar-refractivity contribution in [3.05, 3.63) is 42.4 Å². The number of nitrogens with zero attached hydrogens (tertiary/aromatic N) is 2. The number of ketones is 1. The number of rotatable bonds is 4. The third-order valence-electron chi connectivity index (χ3n) is 2.86. The molecule has 2 heterocycles. The van der Waals surface area contributed by atoms with Crippen molar-refractivity contribution in [2.24, 2.45) is 0 Å². The Balaban J connectivity index is 2.67. The van der Waals surface area contributed by atoms with Gasteiger partial charge in [0.2, 0.25) is 0 Å². The lowest BCUT2D eigenvalue weighted by Crippen LogP contribution is -2.12. The van der Waals surface area contributed by atoms with E-state index >= 15 is 0 Å². The summed E-state index contributed by atoms with van der Waals surface area (Å²) in [5, 5.41) is 0. The van der Waals surface area contributed by atoms with E-state index in [1.54, 1.807) is 24.4 Å². The molecule has 0 saturated carbocycles. The van der Waals surface area contributed by atoms with Gasteiger partial charge in [0, 0.05) is 24.9 Å². The van der Waals surface area contributed by atoms with Crippen LogP contribution in [0.3, 0.4) is 0 Å². The van der Waals surface area contributed by atoms with Gasteiger partial charge in [-0.3, -0.25) is 14.8 Å². The molecule has 2 aromatic heterocycles. The third kappa shape index (κ3) is 2.75. The zero-order valence-electron chi connectivity index (χ0n) is 11.2. The van der Waals surface area contributed by atoms with Crippen LogP contribution in [0.15, 0.2) is 41.6 Å². The van der Waals surface area contributed by atoms with E-state index in [0.717, 1.165) is 0 Å². The molecule has 0 unspecified atom stereocenters. The second-order valence-electron chi connectivity index (χ2n) is 4.25. The number of pyridine rings is 2. The van der Waals surface area contributed by atoms with Gasteiger partial charge in [-0.05, 0) is 18.2 Å². The highest BCUT2D eigenvalue weighted by atomic mass is 32.2. The minimum Gasteiger partial charge on any atom is -0.293 e. The number of sulfone groups is 1. The van der Waals surface area contributed by atoms with Crippen LogP contribution in [0.1, 0.15) is 24.3 Å². The Hall–Kier alpha value is -2.08. The van der Waals surface area contributed by atoms with E-state index in [-0.39, 0.29) is 22.1 Å². The van der Waals surface area contributed by atoms with Crippen LogP contribution in [0.4, 0.5) is 0 Å². The molecule has 0 aliphatic carbocycles. The lowest BCUT2D eigenvalue weighted by Gasteiger charge is -2.08. The summed E-state index contributed by atoms with van der Waals surface area (Å²) in [6, 6.07) is 6.79. The van der Waals surface area contributed by atoms with Gasteiger partial charge in [0.25, 0.3) is 0 Å². The monoisotopic (exact) mass is 290 g/mol. The molecule has 20 heavy (non-hydrogen) atoms. The zero-order chi connectivity index (χ0) is 14.8. The molecule has 6 heteroatoms. The summed E-state index contributed by atoms with van der Waals surface area (Å²) in [7, 11) is -3.52. The van der Waals surface area contributed by atoms with Crippen molar-refractivity contribution in [2.45, 2.75) is 18.7 Å². The molecule has 0 saturated heterocycles. The summed E-state index contributed by atoms with van der Waals surface area (Å²) in [5.41, 5.74) is 1.16. The molecule has 2 rings (SSSR count). The first kappa shape index (κ1) is 14.3. The molecule has 0 bridgehead atoms. The lowest BCUT2D eigenvalue weighted by atomic mass is 10.1. The van der Waals surface area contributed by atoms with E-state index in [1.807, 2.05) is 0 Å². The smallest absolute Gasteiger partial charge is 0.180 e. The van der Waals surface area contributed by atoms with Crippen LogP contribution in [0.2, 0.25) is 0 Å². The summed E-state index contributed by atoms with van der Waals surface area (Å²) in [4.78, 5) is 19.7. The van der Waals surface area contributed by atoms with Crippen LogP contribution in [0.5, 0.6) is 0 Å². The highest BCUT2D eigenvalue weighted by Gasteiger charge is 2.21. The van der Waals surface area contributed by atoms with Gasteiger partial charge in [-0.1, -0.05) is 13.0 Å². The van der Waals surface area contributed by atoms with Crippen molar-refractivity contribution in [1.29, 1.82) is 0 Å². The molecule has 0 aliphatic rings. The SMILES string of the molecule is CCS(=O)(=O)c1cc(-c2ccccn2)cnc1C(C)=O. The average molecular weight is 290 g/mol. The quantitative estimate of drug-likeness (QED) is 0.806. The van der Waals surface area contributed by atoms with E-state index < -0.39 is 9.84 Å². The van der Waals surface area contributed by atoms with E-state index in [0.29, 0.717) is 11.3 Å². The van der Waals surface area contributed by atoms with Gasteiger partial charge in [0.05, 0.1) is 16.3 Å². The maximum Gasteiger partial charge on any atom is 0.180 e. The molecule has 5 nitrogen and oxygen atoms in total. The Morgan fingerprint density at radius 1 is 1.25 bits per heavy atom. The van der Waals surface area contributed by atoms with Crippen molar-refractivity contribution in [3.63, 3.8) is 0 Å². The van der Waals surface area contributed by atoms with E-state index in [1.165, 1.54) is 26.1 Å². The maximum absolute atomic E-state index is 12.1. The second-order valence-corrected chi connectivity index (χ2v) is 6.49. The van der Waals surface area contributed by atoms with Crippen LogP contribution >= 0.6 is 0 Å². The first-order chi connectivity index (χ1) is 9.45.